The first-order valence-corrected chi connectivity index (χ1v) is 19.5. The van der Waals surface area contributed by atoms with Gasteiger partial charge in [0.25, 0.3) is 6.33 Å². The number of benzene rings is 6. The molecule has 9 aromatic rings. The first-order valence-electron chi connectivity index (χ1n) is 19.5. The maximum absolute atomic E-state index is 6.79. The third-order valence-corrected chi connectivity index (χ3v) is 10.7. The van der Waals surface area contributed by atoms with Crippen LogP contribution >= 0.6 is 0 Å². The Morgan fingerprint density at radius 3 is 2.09 bits per heavy atom. The molecule has 3 aromatic heterocycles. The smallest absolute Gasteiger partial charge is 0.268 e. The van der Waals surface area contributed by atoms with Crippen LogP contribution in [0.25, 0.3) is 55.8 Å². The molecule has 288 valence electrons. The summed E-state index contributed by atoms with van der Waals surface area (Å²) in [6.45, 7) is 15.7. The molecule has 0 spiro atoms. The van der Waals surface area contributed by atoms with Gasteiger partial charge < -0.3 is 13.9 Å². The summed E-state index contributed by atoms with van der Waals surface area (Å²) < 4.78 is 15.4. The maximum Gasteiger partial charge on any atom is 0.268 e. The standard InChI is InChI=1S/C50H45N5O.Pt/c1-33(2)40-19-15-20-41(34(3)4)48(40)52-27-26-51-49(52)55-44-21-12-11-18-42(44)43-25-24-38(31-47(43)55)56-39-29-35(50(5,6)7)28-37(30-39)54-32-53(36-16-9-8-10-17-36)45-22-13-14-23-46(45)54;/h8-29,33-34H,1-7H3;/q-2;. The second kappa shape index (κ2) is 15.0. The van der Waals surface area contributed by atoms with E-state index in [0.29, 0.717) is 23.3 Å². The molecule has 0 bridgehead atoms. The number of hydrogen-bond donors (Lipinski definition) is 0. The Labute approximate surface area is 349 Å². The van der Waals surface area contributed by atoms with Gasteiger partial charge in [0.15, 0.2) is 0 Å². The number of para-hydroxylation sites is 5. The van der Waals surface area contributed by atoms with E-state index in [1.54, 1.807) is 0 Å². The molecular formula is C50H45N5OPt-2. The molecule has 0 atom stereocenters. The first kappa shape index (κ1) is 38.2. The molecule has 57 heavy (non-hydrogen) atoms. The zero-order valence-corrected chi connectivity index (χ0v) is 35.6. The molecule has 0 unspecified atom stereocenters. The van der Waals surface area contributed by atoms with Gasteiger partial charge in [-0.15, -0.1) is 29.7 Å². The molecule has 7 heteroatoms. The number of hydrogen-bond acceptors (Lipinski definition) is 2. The van der Waals surface area contributed by atoms with Crippen LogP contribution in [0.1, 0.15) is 77.0 Å². The van der Waals surface area contributed by atoms with Crippen LogP contribution in [0.3, 0.4) is 0 Å². The second-order valence-electron chi connectivity index (χ2n) is 16.2. The van der Waals surface area contributed by atoms with Crippen molar-refractivity contribution in [2.75, 3.05) is 0 Å². The van der Waals surface area contributed by atoms with E-state index >= 15 is 0 Å². The van der Waals surface area contributed by atoms with Crippen LogP contribution in [0.2, 0.25) is 0 Å². The van der Waals surface area contributed by atoms with E-state index in [2.05, 4.69) is 188 Å². The van der Waals surface area contributed by atoms with E-state index < -0.39 is 0 Å². The molecule has 6 nitrogen and oxygen atoms in total. The van der Waals surface area contributed by atoms with Crippen LogP contribution < -0.4 is 9.30 Å². The predicted octanol–water partition coefficient (Wildman–Crippen LogP) is 11.9. The summed E-state index contributed by atoms with van der Waals surface area (Å²) in [4.78, 5) is 5.03. The average molecular weight is 927 g/mol. The van der Waals surface area contributed by atoms with Crippen LogP contribution in [0, 0.1) is 18.5 Å². The molecule has 0 aliphatic carbocycles. The van der Waals surface area contributed by atoms with Crippen LogP contribution in [-0.4, -0.2) is 18.7 Å². The molecule has 9 rings (SSSR count). The van der Waals surface area contributed by atoms with Gasteiger partial charge in [0.2, 0.25) is 5.95 Å². The third kappa shape index (κ3) is 6.80. The molecule has 0 fully saturated rings. The van der Waals surface area contributed by atoms with Gasteiger partial charge in [0.1, 0.15) is 0 Å². The van der Waals surface area contributed by atoms with Gasteiger partial charge in [-0.3, -0.25) is 9.13 Å². The first-order chi connectivity index (χ1) is 27.1. The van der Waals surface area contributed by atoms with Crippen molar-refractivity contribution in [3.8, 4) is 34.5 Å². The van der Waals surface area contributed by atoms with Crippen LogP contribution in [0.15, 0.2) is 134 Å². The van der Waals surface area contributed by atoms with E-state index in [1.165, 1.54) is 16.8 Å². The fraction of sp³-hybridized carbons (Fsp3) is 0.200. The van der Waals surface area contributed by atoms with Crippen molar-refractivity contribution in [3.63, 3.8) is 0 Å². The van der Waals surface area contributed by atoms with Gasteiger partial charge in [-0.2, -0.15) is 17.7 Å². The summed E-state index contributed by atoms with van der Waals surface area (Å²) in [5.41, 5.74) is 10.7. The van der Waals surface area contributed by atoms with Gasteiger partial charge >= 0.3 is 0 Å². The largest absolute Gasteiger partial charge is 0.510 e. The van der Waals surface area contributed by atoms with Crippen molar-refractivity contribution in [3.05, 3.63) is 169 Å². The van der Waals surface area contributed by atoms with Crippen molar-refractivity contribution >= 4 is 32.8 Å². The summed E-state index contributed by atoms with van der Waals surface area (Å²) in [5.74, 6) is 2.68. The van der Waals surface area contributed by atoms with Crippen molar-refractivity contribution in [2.24, 2.45) is 0 Å². The van der Waals surface area contributed by atoms with Crippen LogP contribution in [0.4, 0.5) is 0 Å². The summed E-state index contributed by atoms with van der Waals surface area (Å²) in [6, 6.07) is 49.6. The van der Waals surface area contributed by atoms with Crippen molar-refractivity contribution in [2.45, 2.75) is 65.7 Å². The summed E-state index contributed by atoms with van der Waals surface area (Å²) in [5, 5.41) is 2.21. The molecule has 0 N–H and O–H groups in total. The fourth-order valence-corrected chi connectivity index (χ4v) is 7.83. The fourth-order valence-electron chi connectivity index (χ4n) is 7.83. The Kier molecular flexibility index (Phi) is 10.0. The summed E-state index contributed by atoms with van der Waals surface area (Å²) in [6.07, 6.45) is 7.60. The molecule has 0 amide bonds. The zero-order valence-electron chi connectivity index (χ0n) is 33.3. The topological polar surface area (TPSA) is 40.8 Å². The summed E-state index contributed by atoms with van der Waals surface area (Å²) >= 11 is 0. The molecule has 0 aliphatic rings. The van der Waals surface area contributed by atoms with E-state index in [1.807, 2.05) is 30.5 Å². The number of ether oxygens (including phenoxy) is 1. The monoisotopic (exact) mass is 926 g/mol. The van der Waals surface area contributed by atoms with Crippen molar-refractivity contribution in [1.29, 1.82) is 0 Å². The Bertz CT molecular complexity index is 2860. The minimum Gasteiger partial charge on any atom is -0.510 e. The second-order valence-corrected chi connectivity index (χ2v) is 16.2. The van der Waals surface area contributed by atoms with Crippen LogP contribution in [0.5, 0.6) is 11.5 Å². The molecule has 0 saturated carbocycles. The third-order valence-electron chi connectivity index (χ3n) is 10.7. The minimum absolute atomic E-state index is 0. The number of imidazole rings is 2. The van der Waals surface area contributed by atoms with Crippen molar-refractivity contribution < 1.29 is 30.4 Å². The number of fused-ring (bicyclic) bond motifs is 4. The molecule has 0 aliphatic heterocycles. The van der Waals surface area contributed by atoms with Crippen LogP contribution in [-0.2, 0) is 26.5 Å². The number of aromatic nitrogens is 5. The van der Waals surface area contributed by atoms with Crippen molar-refractivity contribution in [1.82, 2.24) is 18.7 Å². The molecular weight excluding hydrogens is 882 g/mol. The van der Waals surface area contributed by atoms with E-state index in [4.69, 9.17) is 9.72 Å². The Morgan fingerprint density at radius 1 is 0.684 bits per heavy atom. The predicted molar refractivity (Wildman–Crippen MR) is 226 cm³/mol. The number of nitrogens with zero attached hydrogens (tertiary/aromatic N) is 5. The van der Waals surface area contributed by atoms with Gasteiger partial charge in [-0.05, 0) is 57.7 Å². The molecule has 6 aromatic carbocycles. The van der Waals surface area contributed by atoms with E-state index in [9.17, 15) is 0 Å². The number of rotatable bonds is 8. The van der Waals surface area contributed by atoms with Gasteiger partial charge in [0.05, 0.1) is 22.4 Å². The Hall–Kier alpha value is -5.71. The van der Waals surface area contributed by atoms with Gasteiger partial charge in [-0.25, -0.2) is 4.98 Å². The maximum atomic E-state index is 6.79. The van der Waals surface area contributed by atoms with E-state index in [0.717, 1.165) is 55.7 Å². The molecule has 0 radical (unpaired) electrons. The van der Waals surface area contributed by atoms with Gasteiger partial charge in [-0.1, -0.05) is 133 Å². The quantitative estimate of drug-likeness (QED) is 0.113. The van der Waals surface area contributed by atoms with E-state index in [-0.39, 0.29) is 26.5 Å². The molecule has 3 heterocycles. The SMILES string of the molecule is CC(C)c1cccc(C(C)C)c1-n1ccnc1-n1c2[c-]c(Oc3[c-]c(-n4[c-][n+](-c5ccccc5)c5ccccc54)cc(C(C)(C)C)c3)ccc2c2ccccc21.[Pt]. The summed E-state index contributed by atoms with van der Waals surface area (Å²) in [7, 11) is 0. The molecule has 0 saturated heterocycles. The minimum atomic E-state index is -0.154. The Morgan fingerprint density at radius 2 is 1.37 bits per heavy atom. The normalized spacial score (nSPS) is 11.9. The average Bonchev–Trinajstić information content (AvgIpc) is 3.91. The Balaban J connectivity index is 0.00000455. The zero-order chi connectivity index (χ0) is 38.7. The van der Waals surface area contributed by atoms with Gasteiger partial charge in [0, 0.05) is 50.5 Å².